The van der Waals surface area contributed by atoms with Crippen LogP contribution in [0.2, 0.25) is 0 Å². The van der Waals surface area contributed by atoms with E-state index in [1.54, 1.807) is 0 Å². The fraction of sp³-hybridized carbons (Fsp3) is 0.700. The third-order valence-electron chi connectivity index (χ3n) is 5.59. The summed E-state index contributed by atoms with van der Waals surface area (Å²) < 4.78 is 0. The molecule has 118 valence electrons. The predicted octanol–water partition coefficient (Wildman–Crippen LogP) is 5.56. The minimum absolute atomic E-state index is 0.444. The normalized spacial score (nSPS) is 23.0. The van der Waals surface area contributed by atoms with Gasteiger partial charge in [0, 0.05) is 6.04 Å². The van der Waals surface area contributed by atoms with Gasteiger partial charge in [-0.2, -0.15) is 0 Å². The second-order valence-electron chi connectivity index (χ2n) is 7.56. The largest absolute Gasteiger partial charge is 0.310 e. The Morgan fingerprint density at radius 1 is 1.24 bits per heavy atom. The highest BCUT2D eigenvalue weighted by Gasteiger charge is 2.38. The van der Waals surface area contributed by atoms with E-state index in [2.05, 4.69) is 58.1 Å². The summed E-state index contributed by atoms with van der Waals surface area (Å²) in [6.07, 6.45) is 6.73. The quantitative estimate of drug-likeness (QED) is 0.747. The molecule has 1 aliphatic rings. The summed E-state index contributed by atoms with van der Waals surface area (Å²) in [4.78, 5) is 0. The third-order valence-corrected chi connectivity index (χ3v) is 5.59. The molecule has 2 atom stereocenters. The van der Waals surface area contributed by atoms with Gasteiger partial charge in [-0.15, -0.1) is 0 Å². The van der Waals surface area contributed by atoms with Crippen LogP contribution in [0.1, 0.15) is 75.6 Å². The molecule has 2 rings (SSSR count). The molecule has 0 saturated heterocycles. The molecule has 0 bridgehead atoms. The van der Waals surface area contributed by atoms with Crippen molar-refractivity contribution in [3.8, 4) is 0 Å². The van der Waals surface area contributed by atoms with E-state index >= 15 is 0 Å². The summed E-state index contributed by atoms with van der Waals surface area (Å²) in [5.41, 5.74) is 4.88. The lowest BCUT2D eigenvalue weighted by atomic mass is 9.64. The maximum Gasteiger partial charge on any atom is 0.0356 e. The van der Waals surface area contributed by atoms with Crippen molar-refractivity contribution in [3.63, 3.8) is 0 Å². The molecule has 0 aliphatic heterocycles. The van der Waals surface area contributed by atoms with Gasteiger partial charge < -0.3 is 5.32 Å². The van der Waals surface area contributed by atoms with Crippen molar-refractivity contribution >= 4 is 0 Å². The Labute approximate surface area is 131 Å². The van der Waals surface area contributed by atoms with Crippen molar-refractivity contribution in [1.29, 1.82) is 0 Å². The van der Waals surface area contributed by atoms with Crippen LogP contribution >= 0.6 is 0 Å². The summed E-state index contributed by atoms with van der Waals surface area (Å²) >= 11 is 0. The van der Waals surface area contributed by atoms with Gasteiger partial charge in [-0.1, -0.05) is 51.8 Å². The maximum absolute atomic E-state index is 3.88. The lowest BCUT2D eigenvalue weighted by Crippen LogP contribution is -2.39. The van der Waals surface area contributed by atoms with Gasteiger partial charge >= 0.3 is 0 Å². The highest BCUT2D eigenvalue weighted by Crippen LogP contribution is 2.47. The molecular formula is C20H33N. The predicted molar refractivity (Wildman–Crippen MR) is 92.7 cm³/mol. The van der Waals surface area contributed by atoms with Gasteiger partial charge in [-0.05, 0) is 67.7 Å². The molecule has 2 unspecified atom stereocenters. The Kier molecular flexibility index (Phi) is 5.48. The van der Waals surface area contributed by atoms with Gasteiger partial charge in [0.15, 0.2) is 0 Å². The van der Waals surface area contributed by atoms with E-state index in [0.29, 0.717) is 11.5 Å². The number of hydrogen-bond acceptors (Lipinski definition) is 1. The van der Waals surface area contributed by atoms with Gasteiger partial charge in [0.1, 0.15) is 0 Å². The summed E-state index contributed by atoms with van der Waals surface area (Å²) in [5.74, 6) is 0.748. The Bertz CT molecular complexity index is 461. The molecular weight excluding hydrogens is 254 g/mol. The van der Waals surface area contributed by atoms with Gasteiger partial charge in [0.25, 0.3) is 0 Å². The van der Waals surface area contributed by atoms with E-state index in [0.717, 1.165) is 12.5 Å². The van der Waals surface area contributed by atoms with Crippen LogP contribution in [0.25, 0.3) is 0 Å². The van der Waals surface area contributed by atoms with Crippen LogP contribution in [0.15, 0.2) is 18.2 Å². The summed E-state index contributed by atoms with van der Waals surface area (Å²) in [7, 11) is 0. The van der Waals surface area contributed by atoms with Crippen LogP contribution in [0.4, 0.5) is 0 Å². The first-order valence-corrected chi connectivity index (χ1v) is 8.77. The zero-order chi connectivity index (χ0) is 15.5. The number of nitrogens with one attached hydrogen (secondary N) is 1. The molecule has 1 aromatic carbocycles. The summed E-state index contributed by atoms with van der Waals surface area (Å²) in [5, 5.41) is 3.88. The lowest BCUT2D eigenvalue weighted by Gasteiger charge is -2.44. The van der Waals surface area contributed by atoms with Crippen LogP contribution in [0.3, 0.4) is 0 Å². The van der Waals surface area contributed by atoms with Crippen molar-refractivity contribution in [3.05, 3.63) is 34.9 Å². The first-order chi connectivity index (χ1) is 9.97. The SMILES string of the molecule is CCCNC(c1cccc(C)c1C)C1CCCCC1(C)C. The molecule has 1 heteroatoms. The van der Waals surface area contributed by atoms with E-state index in [1.165, 1.54) is 48.8 Å². The lowest BCUT2D eigenvalue weighted by molar-refractivity contribution is 0.0979. The monoisotopic (exact) mass is 287 g/mol. The van der Waals surface area contributed by atoms with E-state index in [9.17, 15) is 0 Å². The Hall–Kier alpha value is -0.820. The number of aryl methyl sites for hydroxylation is 1. The van der Waals surface area contributed by atoms with E-state index in [1.807, 2.05) is 0 Å². The van der Waals surface area contributed by atoms with Crippen molar-refractivity contribution in [2.24, 2.45) is 11.3 Å². The third kappa shape index (κ3) is 3.69. The van der Waals surface area contributed by atoms with Crippen LogP contribution in [-0.4, -0.2) is 6.54 Å². The van der Waals surface area contributed by atoms with Gasteiger partial charge in [-0.25, -0.2) is 0 Å². The highest BCUT2D eigenvalue weighted by atomic mass is 14.9. The molecule has 21 heavy (non-hydrogen) atoms. The summed E-state index contributed by atoms with van der Waals surface area (Å²) in [6, 6.07) is 7.33. The van der Waals surface area contributed by atoms with E-state index in [4.69, 9.17) is 0 Å². The van der Waals surface area contributed by atoms with Gasteiger partial charge in [0.2, 0.25) is 0 Å². The van der Waals surface area contributed by atoms with Gasteiger partial charge in [0.05, 0.1) is 0 Å². The Morgan fingerprint density at radius 2 is 2.00 bits per heavy atom. The molecule has 0 aromatic heterocycles. The first-order valence-electron chi connectivity index (χ1n) is 8.77. The molecule has 1 nitrogen and oxygen atoms in total. The topological polar surface area (TPSA) is 12.0 Å². The number of hydrogen-bond donors (Lipinski definition) is 1. The number of rotatable bonds is 5. The van der Waals surface area contributed by atoms with Crippen LogP contribution in [0.5, 0.6) is 0 Å². The van der Waals surface area contributed by atoms with Crippen molar-refractivity contribution in [2.75, 3.05) is 6.54 Å². The smallest absolute Gasteiger partial charge is 0.0356 e. The first kappa shape index (κ1) is 16.5. The minimum atomic E-state index is 0.444. The fourth-order valence-electron chi connectivity index (χ4n) is 4.02. The molecule has 0 radical (unpaired) electrons. The minimum Gasteiger partial charge on any atom is -0.310 e. The maximum atomic E-state index is 3.88. The highest BCUT2D eigenvalue weighted by molar-refractivity contribution is 5.36. The molecule has 1 N–H and O–H groups in total. The van der Waals surface area contributed by atoms with Crippen molar-refractivity contribution in [1.82, 2.24) is 5.32 Å². The zero-order valence-electron chi connectivity index (χ0n) is 14.6. The molecule has 0 amide bonds. The van der Waals surface area contributed by atoms with Crippen LogP contribution in [0, 0.1) is 25.2 Å². The van der Waals surface area contributed by atoms with Gasteiger partial charge in [-0.3, -0.25) is 0 Å². The fourth-order valence-corrected chi connectivity index (χ4v) is 4.02. The summed E-state index contributed by atoms with van der Waals surface area (Å²) in [6.45, 7) is 12.9. The molecule has 0 spiro atoms. The average molecular weight is 287 g/mol. The van der Waals surface area contributed by atoms with Crippen LogP contribution < -0.4 is 5.32 Å². The second-order valence-corrected chi connectivity index (χ2v) is 7.56. The van der Waals surface area contributed by atoms with Crippen molar-refractivity contribution < 1.29 is 0 Å². The van der Waals surface area contributed by atoms with E-state index in [-0.39, 0.29) is 0 Å². The molecule has 1 aliphatic carbocycles. The Balaban J connectivity index is 2.35. The van der Waals surface area contributed by atoms with Crippen LogP contribution in [-0.2, 0) is 0 Å². The molecule has 0 heterocycles. The molecule has 1 aromatic rings. The zero-order valence-corrected chi connectivity index (χ0v) is 14.6. The Morgan fingerprint density at radius 3 is 2.67 bits per heavy atom. The molecule has 1 fully saturated rings. The van der Waals surface area contributed by atoms with E-state index < -0.39 is 0 Å². The molecule has 1 saturated carbocycles. The second kappa shape index (κ2) is 6.96. The van der Waals surface area contributed by atoms with Crippen molar-refractivity contribution in [2.45, 2.75) is 72.8 Å². The average Bonchev–Trinajstić information content (AvgIpc) is 2.44. The number of benzene rings is 1. The standard InChI is InChI=1S/C20H33N/c1-6-14-21-19(17-11-9-10-15(2)16(17)3)18-12-7-8-13-20(18,4)5/h9-11,18-19,21H,6-8,12-14H2,1-5H3.